The van der Waals surface area contributed by atoms with Gasteiger partial charge < -0.3 is 29.5 Å². The second-order valence-electron chi connectivity index (χ2n) is 16.9. The van der Waals surface area contributed by atoms with E-state index in [1.54, 1.807) is 55.1 Å². The molecule has 0 radical (unpaired) electrons. The summed E-state index contributed by atoms with van der Waals surface area (Å²) in [4.78, 5) is 80.2. The number of anilines is 1. The maximum Gasteiger partial charge on any atom is 0.329 e. The number of hydrogen-bond donors (Lipinski definition) is 2. The molecule has 0 unspecified atom stereocenters. The number of morpholine rings is 1. The fourth-order valence-corrected chi connectivity index (χ4v) is 10.2. The van der Waals surface area contributed by atoms with E-state index in [-0.39, 0.29) is 24.8 Å². The summed E-state index contributed by atoms with van der Waals surface area (Å²) < 4.78 is 17.4. The van der Waals surface area contributed by atoms with Crippen molar-refractivity contribution < 1.29 is 43.3 Å². The van der Waals surface area contributed by atoms with E-state index >= 15 is 14.4 Å². The number of cyclic esters (lactones) is 1. The molecule has 1 spiro atoms. The van der Waals surface area contributed by atoms with Gasteiger partial charge in [-0.25, -0.2) is 14.5 Å². The number of nitrogens with zero attached hydrogens (tertiary/aromatic N) is 3. The molecule has 4 aliphatic heterocycles. The molecular weight excluding hydrogens is 789 g/mol. The number of methoxy groups -OCH3 is 1. The lowest BCUT2D eigenvalue weighted by atomic mass is 9.65. The molecule has 8 rings (SSSR count). The Bertz CT molecular complexity index is 2260. The zero-order valence-electron chi connectivity index (χ0n) is 35.4. The topological polar surface area (TPSA) is 155 Å². The van der Waals surface area contributed by atoms with Gasteiger partial charge in [0, 0.05) is 13.1 Å². The minimum absolute atomic E-state index is 0.0624. The van der Waals surface area contributed by atoms with Gasteiger partial charge in [0.25, 0.3) is 0 Å². The first-order chi connectivity index (χ1) is 30.1. The van der Waals surface area contributed by atoms with Gasteiger partial charge in [-0.05, 0) is 59.2 Å². The third kappa shape index (κ3) is 7.40. The number of likely N-dealkylation sites (tertiary alicyclic amines) is 1. The average molecular weight is 843 g/mol. The Kier molecular flexibility index (Phi) is 12.5. The molecule has 4 aromatic rings. The summed E-state index contributed by atoms with van der Waals surface area (Å²) in [7, 11) is 1.24. The Morgan fingerprint density at radius 1 is 0.790 bits per heavy atom. The molecule has 0 aromatic heterocycles. The molecule has 4 aromatic carbocycles. The van der Waals surface area contributed by atoms with Crippen molar-refractivity contribution in [1.29, 1.82) is 0 Å². The number of carbonyl (C=O) groups is 5. The number of hydrogen-bond acceptors (Lipinski definition) is 10. The summed E-state index contributed by atoms with van der Waals surface area (Å²) in [6.45, 7) is 4.28. The Hall–Kier alpha value is -6.05. The normalized spacial score (nSPS) is 25.3. The number of imide groups is 1. The quantitative estimate of drug-likeness (QED) is 0.171. The maximum absolute atomic E-state index is 16.3. The predicted octanol–water partition coefficient (Wildman–Crippen LogP) is 6.42. The largest absolute Gasteiger partial charge is 0.491 e. The Balaban J connectivity index is 1.41. The number of urea groups is 1. The molecule has 2 N–H and O–H groups in total. The van der Waals surface area contributed by atoms with Crippen molar-refractivity contribution in [3.05, 3.63) is 131 Å². The van der Waals surface area contributed by atoms with Gasteiger partial charge in [-0.15, -0.1) is 0 Å². The van der Waals surface area contributed by atoms with Crippen LogP contribution in [0, 0.1) is 11.8 Å². The summed E-state index contributed by atoms with van der Waals surface area (Å²) >= 11 is 0. The maximum atomic E-state index is 16.3. The molecule has 4 heterocycles. The van der Waals surface area contributed by atoms with E-state index in [1.165, 1.54) is 7.11 Å². The number of fused-ring (bicyclic) bond motifs is 3. The molecule has 0 aliphatic carbocycles. The number of esters is 2. The van der Waals surface area contributed by atoms with Crippen molar-refractivity contribution in [1.82, 2.24) is 15.1 Å². The van der Waals surface area contributed by atoms with E-state index in [9.17, 15) is 14.7 Å². The highest BCUT2D eigenvalue weighted by Crippen LogP contribution is 2.66. The van der Waals surface area contributed by atoms with Crippen molar-refractivity contribution in [2.45, 2.75) is 81.6 Å². The standard InChI is InChI=1S/C49H54N4O9/c1-31(2)39(45(56)60-3)50-48(59)52-37-22-14-13-21-36(37)49(47(52)58)38(44(55)51-27-15-5-4-6-16-28-51)41-46(57)62-42(33-19-11-8-12-20-33)40(32-17-9-7-10-18-32)53(41)43(49)34-23-25-35(26-24-34)61-30-29-54/h7-14,17-26,31,38-43,54H,4-6,15-16,27-30H2,1-3H3,(H,50,59)/t38-,39-,40-,41-,42+,43+,49-/m0/s1. The molecule has 0 bridgehead atoms. The van der Waals surface area contributed by atoms with E-state index in [1.807, 2.05) is 77.7 Å². The molecule has 13 heteroatoms. The first-order valence-corrected chi connectivity index (χ1v) is 21.7. The van der Waals surface area contributed by atoms with Gasteiger partial charge in [0.05, 0.1) is 37.4 Å². The number of ether oxygens (including phenoxy) is 3. The van der Waals surface area contributed by atoms with Crippen molar-refractivity contribution in [3.8, 4) is 5.75 Å². The van der Waals surface area contributed by atoms with Gasteiger partial charge in [0.15, 0.2) is 0 Å². The number of benzene rings is 4. The van der Waals surface area contributed by atoms with Crippen LogP contribution in [0.3, 0.4) is 0 Å². The highest BCUT2D eigenvalue weighted by molar-refractivity contribution is 6.25. The Morgan fingerprint density at radius 2 is 1.40 bits per heavy atom. The van der Waals surface area contributed by atoms with E-state index in [4.69, 9.17) is 14.2 Å². The van der Waals surface area contributed by atoms with Crippen LogP contribution in [0.15, 0.2) is 109 Å². The molecule has 62 heavy (non-hydrogen) atoms. The minimum atomic E-state index is -1.89. The fraction of sp³-hybridized carbons (Fsp3) is 0.408. The number of rotatable bonds is 10. The van der Waals surface area contributed by atoms with Gasteiger partial charge in [-0.2, -0.15) is 0 Å². The van der Waals surface area contributed by atoms with E-state index < -0.39 is 71.4 Å². The van der Waals surface area contributed by atoms with Crippen molar-refractivity contribution in [2.24, 2.45) is 11.8 Å². The van der Waals surface area contributed by atoms with Gasteiger partial charge in [-0.3, -0.25) is 19.3 Å². The molecule has 4 amide bonds. The summed E-state index contributed by atoms with van der Waals surface area (Å²) in [6.07, 6.45) is 3.58. The fourth-order valence-electron chi connectivity index (χ4n) is 10.2. The average Bonchev–Trinajstić information content (AvgIpc) is 3.74. The molecular formula is C49H54N4O9. The molecule has 7 atom stereocenters. The molecule has 3 fully saturated rings. The van der Waals surface area contributed by atoms with Crippen LogP contribution in [-0.4, -0.2) is 90.2 Å². The van der Waals surface area contributed by atoms with Crippen molar-refractivity contribution >= 4 is 35.5 Å². The number of nitrogens with one attached hydrogen (secondary N) is 1. The number of amides is 4. The lowest BCUT2D eigenvalue weighted by Crippen LogP contribution is -2.58. The number of para-hydroxylation sites is 1. The van der Waals surface area contributed by atoms with Crippen molar-refractivity contribution in [3.63, 3.8) is 0 Å². The predicted molar refractivity (Wildman–Crippen MR) is 230 cm³/mol. The number of aliphatic hydroxyl groups is 1. The summed E-state index contributed by atoms with van der Waals surface area (Å²) in [6, 6.07) is 28.2. The third-order valence-corrected chi connectivity index (χ3v) is 13.0. The van der Waals surface area contributed by atoms with Crippen LogP contribution in [0.25, 0.3) is 0 Å². The first kappa shape index (κ1) is 42.6. The Labute approximate surface area is 361 Å². The molecule has 3 saturated heterocycles. The van der Waals surface area contributed by atoms with E-state index in [2.05, 4.69) is 5.32 Å². The zero-order valence-corrected chi connectivity index (χ0v) is 35.4. The summed E-state index contributed by atoms with van der Waals surface area (Å²) in [5, 5.41) is 12.3. The highest BCUT2D eigenvalue weighted by Gasteiger charge is 2.76. The second-order valence-corrected chi connectivity index (χ2v) is 16.9. The second kappa shape index (κ2) is 18.1. The molecule has 13 nitrogen and oxygen atoms in total. The van der Waals surface area contributed by atoms with Crippen LogP contribution in [0.2, 0.25) is 0 Å². The van der Waals surface area contributed by atoms with E-state index in [0.717, 1.165) is 48.1 Å². The van der Waals surface area contributed by atoms with Crippen LogP contribution in [0.5, 0.6) is 5.75 Å². The lowest BCUT2D eigenvalue weighted by molar-refractivity contribution is -0.179. The third-order valence-electron chi connectivity index (χ3n) is 13.0. The highest BCUT2D eigenvalue weighted by atomic mass is 16.6. The van der Waals surface area contributed by atoms with Gasteiger partial charge in [0.1, 0.15) is 36.0 Å². The minimum Gasteiger partial charge on any atom is -0.491 e. The number of aliphatic hydroxyl groups excluding tert-OH is 1. The SMILES string of the molecule is COC(=O)[C@@H](NC(=O)N1C(=O)[C@@]2(c3ccccc31)[C@H](C(=O)N1CCCCCCC1)[C@H]1C(=O)O[C@H](c3ccccc3)[C@H](c3ccccc3)N1[C@@H]2c1ccc(OCCO)cc1)C(C)C. The van der Waals surface area contributed by atoms with Gasteiger partial charge in [-0.1, -0.05) is 124 Å². The smallest absolute Gasteiger partial charge is 0.329 e. The molecule has 4 aliphatic rings. The van der Waals surface area contributed by atoms with Crippen LogP contribution in [0.1, 0.15) is 86.4 Å². The van der Waals surface area contributed by atoms with E-state index in [0.29, 0.717) is 30.0 Å². The Morgan fingerprint density at radius 3 is 2.03 bits per heavy atom. The van der Waals surface area contributed by atoms with Gasteiger partial charge in [0.2, 0.25) is 11.8 Å². The lowest BCUT2D eigenvalue weighted by Gasteiger charge is -2.46. The number of carbonyl (C=O) groups excluding carboxylic acids is 5. The van der Waals surface area contributed by atoms with Crippen LogP contribution in [-0.2, 0) is 34.1 Å². The van der Waals surface area contributed by atoms with Crippen molar-refractivity contribution in [2.75, 3.05) is 38.3 Å². The molecule has 324 valence electrons. The van der Waals surface area contributed by atoms with Crippen LogP contribution >= 0.6 is 0 Å². The zero-order chi connectivity index (χ0) is 43.5. The van der Waals surface area contributed by atoms with Crippen LogP contribution in [0.4, 0.5) is 10.5 Å². The monoisotopic (exact) mass is 842 g/mol. The van der Waals surface area contributed by atoms with Gasteiger partial charge >= 0.3 is 18.0 Å². The molecule has 0 saturated carbocycles. The summed E-state index contributed by atoms with van der Waals surface area (Å²) in [5.74, 6) is -3.68. The van der Waals surface area contributed by atoms with Crippen LogP contribution < -0.4 is 15.0 Å². The first-order valence-electron chi connectivity index (χ1n) is 21.7. The summed E-state index contributed by atoms with van der Waals surface area (Å²) in [5.41, 5.74) is 0.880.